The lowest BCUT2D eigenvalue weighted by atomic mass is 10.0. The van der Waals surface area contributed by atoms with Crippen LogP contribution >= 0.6 is 0 Å². The van der Waals surface area contributed by atoms with E-state index in [0.717, 1.165) is 25.9 Å². The maximum atomic E-state index is 14.1. The minimum atomic E-state index is -0.369. The molecule has 2 atom stereocenters. The first-order chi connectivity index (χ1) is 14.2. The summed E-state index contributed by atoms with van der Waals surface area (Å²) in [6.07, 6.45) is 4.78. The van der Waals surface area contributed by atoms with Gasteiger partial charge in [0.05, 0.1) is 17.3 Å². The van der Waals surface area contributed by atoms with Crippen LogP contribution in [0.15, 0.2) is 59.1 Å². The van der Waals surface area contributed by atoms with Gasteiger partial charge in [0.1, 0.15) is 5.82 Å². The molecule has 2 aliphatic heterocycles. The van der Waals surface area contributed by atoms with E-state index in [1.165, 1.54) is 18.7 Å². The van der Waals surface area contributed by atoms with Gasteiger partial charge in [-0.1, -0.05) is 24.3 Å². The molecular formula is C23H22FN3O2. The molecule has 148 valence electrons. The Morgan fingerprint density at radius 3 is 2.66 bits per heavy atom. The summed E-state index contributed by atoms with van der Waals surface area (Å²) < 4.78 is 19.9. The topological polar surface area (TPSA) is 58.4 Å². The highest BCUT2D eigenvalue weighted by Gasteiger charge is 2.32. The van der Waals surface area contributed by atoms with Gasteiger partial charge < -0.3 is 14.6 Å². The van der Waals surface area contributed by atoms with E-state index in [4.69, 9.17) is 4.42 Å². The first kappa shape index (κ1) is 18.1. The number of nitrogens with one attached hydrogen (secondary N) is 1. The fraction of sp³-hybridized carbons (Fsp3) is 0.304. The van der Waals surface area contributed by atoms with Crippen molar-refractivity contribution < 1.29 is 13.6 Å². The highest BCUT2D eigenvalue weighted by molar-refractivity contribution is 6.00. The van der Waals surface area contributed by atoms with Gasteiger partial charge in [-0.05, 0) is 43.5 Å². The van der Waals surface area contributed by atoms with Gasteiger partial charge in [0, 0.05) is 30.7 Å². The number of carbonyl (C=O) groups excluding carboxylic acids is 1. The standard InChI is InChI=1S/C23H22FN3O2/c24-20-8-4-3-7-19(20)21-13-25-22(29-21)17-5-1-2-6-18(17)23(28)27-12-11-15-9-10-16(14-27)26-15/h1-8,13,15-16,26H,9-12,14H2. The number of likely N-dealkylation sites (tertiary alicyclic amines) is 1. The van der Waals surface area contributed by atoms with Crippen LogP contribution in [0, 0.1) is 5.82 Å². The van der Waals surface area contributed by atoms with Crippen LogP contribution in [0.4, 0.5) is 4.39 Å². The Balaban J connectivity index is 1.46. The predicted octanol–water partition coefficient (Wildman–Crippen LogP) is 4.11. The Morgan fingerprint density at radius 1 is 1.03 bits per heavy atom. The van der Waals surface area contributed by atoms with Crippen LogP contribution in [0.1, 0.15) is 29.6 Å². The summed E-state index contributed by atoms with van der Waals surface area (Å²) in [4.78, 5) is 19.6. The molecule has 1 aromatic heterocycles. The van der Waals surface area contributed by atoms with Crippen molar-refractivity contribution in [1.82, 2.24) is 15.2 Å². The number of hydrogen-bond donors (Lipinski definition) is 1. The largest absolute Gasteiger partial charge is 0.436 e. The van der Waals surface area contributed by atoms with Gasteiger partial charge in [0.15, 0.2) is 5.76 Å². The van der Waals surface area contributed by atoms with Gasteiger partial charge in [0.25, 0.3) is 5.91 Å². The van der Waals surface area contributed by atoms with E-state index in [0.29, 0.717) is 40.4 Å². The molecule has 5 rings (SSSR count). The van der Waals surface area contributed by atoms with Crippen LogP contribution in [0.3, 0.4) is 0 Å². The molecule has 2 aliphatic rings. The van der Waals surface area contributed by atoms with E-state index in [1.54, 1.807) is 24.3 Å². The van der Waals surface area contributed by atoms with Crippen molar-refractivity contribution in [2.75, 3.05) is 13.1 Å². The Morgan fingerprint density at radius 2 is 1.79 bits per heavy atom. The van der Waals surface area contributed by atoms with Gasteiger partial charge in [-0.15, -0.1) is 0 Å². The maximum absolute atomic E-state index is 14.1. The van der Waals surface area contributed by atoms with Crippen molar-refractivity contribution in [3.63, 3.8) is 0 Å². The minimum Gasteiger partial charge on any atom is -0.436 e. The summed E-state index contributed by atoms with van der Waals surface area (Å²) in [5, 5.41) is 3.60. The molecule has 3 heterocycles. The highest BCUT2D eigenvalue weighted by atomic mass is 19.1. The molecule has 0 spiro atoms. The fourth-order valence-electron chi connectivity index (χ4n) is 4.34. The number of fused-ring (bicyclic) bond motifs is 2. The van der Waals surface area contributed by atoms with Crippen LogP contribution in [-0.4, -0.2) is 41.0 Å². The lowest BCUT2D eigenvalue weighted by molar-refractivity contribution is 0.0748. The molecule has 2 aromatic carbocycles. The van der Waals surface area contributed by atoms with Crippen molar-refractivity contribution in [3.05, 3.63) is 66.1 Å². The highest BCUT2D eigenvalue weighted by Crippen LogP contribution is 2.30. The number of rotatable bonds is 3. The van der Waals surface area contributed by atoms with Gasteiger partial charge in [-0.2, -0.15) is 0 Å². The SMILES string of the molecule is O=C(c1ccccc1-c1ncc(-c2ccccc2F)o1)N1CCC2CCC(C1)N2. The number of aromatic nitrogens is 1. The average Bonchev–Trinajstić information content (AvgIpc) is 3.34. The first-order valence-corrected chi connectivity index (χ1v) is 10.0. The average molecular weight is 391 g/mol. The second-order valence-corrected chi connectivity index (χ2v) is 7.73. The van der Waals surface area contributed by atoms with Crippen molar-refractivity contribution in [2.45, 2.75) is 31.3 Å². The molecule has 5 nitrogen and oxygen atoms in total. The number of benzene rings is 2. The van der Waals surface area contributed by atoms with Gasteiger partial charge in [0.2, 0.25) is 5.89 Å². The van der Waals surface area contributed by atoms with E-state index in [2.05, 4.69) is 10.3 Å². The molecule has 0 radical (unpaired) electrons. The number of nitrogens with zero attached hydrogens (tertiary/aromatic N) is 2. The molecule has 2 saturated heterocycles. The summed E-state index contributed by atoms with van der Waals surface area (Å²) in [5.74, 6) is 0.283. The normalized spacial score (nSPS) is 21.2. The Labute approximate surface area is 168 Å². The summed E-state index contributed by atoms with van der Waals surface area (Å²) in [5.41, 5.74) is 1.54. The number of oxazole rings is 1. The van der Waals surface area contributed by atoms with Crippen LogP contribution in [0.25, 0.3) is 22.8 Å². The van der Waals surface area contributed by atoms with Gasteiger partial charge in [-0.3, -0.25) is 4.79 Å². The third kappa shape index (κ3) is 3.44. The van der Waals surface area contributed by atoms with Gasteiger partial charge >= 0.3 is 0 Å². The molecule has 6 heteroatoms. The molecular weight excluding hydrogens is 369 g/mol. The van der Waals surface area contributed by atoms with Crippen LogP contribution in [0.5, 0.6) is 0 Å². The van der Waals surface area contributed by atoms with E-state index >= 15 is 0 Å². The van der Waals surface area contributed by atoms with Gasteiger partial charge in [-0.25, -0.2) is 9.37 Å². The molecule has 3 aromatic rings. The summed E-state index contributed by atoms with van der Waals surface area (Å²) >= 11 is 0. The first-order valence-electron chi connectivity index (χ1n) is 10.0. The molecule has 0 saturated carbocycles. The van der Waals surface area contributed by atoms with Crippen LogP contribution < -0.4 is 5.32 Å². The Bertz CT molecular complexity index is 1050. The third-order valence-corrected chi connectivity index (χ3v) is 5.84. The summed E-state index contributed by atoms with van der Waals surface area (Å²) in [6.45, 7) is 1.46. The van der Waals surface area contributed by atoms with E-state index < -0.39 is 0 Å². The second-order valence-electron chi connectivity index (χ2n) is 7.73. The number of halogens is 1. The zero-order valence-corrected chi connectivity index (χ0v) is 16.0. The molecule has 2 fully saturated rings. The fourth-order valence-corrected chi connectivity index (χ4v) is 4.34. The van der Waals surface area contributed by atoms with Crippen LogP contribution in [-0.2, 0) is 0 Å². The number of amides is 1. The van der Waals surface area contributed by atoms with Crippen LogP contribution in [0.2, 0.25) is 0 Å². The summed E-state index contributed by atoms with van der Waals surface area (Å²) in [7, 11) is 0. The van der Waals surface area contributed by atoms with E-state index in [1.807, 2.05) is 23.1 Å². The van der Waals surface area contributed by atoms with Crippen molar-refractivity contribution in [1.29, 1.82) is 0 Å². The molecule has 29 heavy (non-hydrogen) atoms. The number of hydrogen-bond acceptors (Lipinski definition) is 4. The smallest absolute Gasteiger partial charge is 0.254 e. The van der Waals surface area contributed by atoms with E-state index in [9.17, 15) is 9.18 Å². The molecule has 1 N–H and O–H groups in total. The minimum absolute atomic E-state index is 0.0133. The number of carbonyl (C=O) groups is 1. The lowest BCUT2D eigenvalue weighted by Crippen LogP contribution is -2.39. The zero-order chi connectivity index (χ0) is 19.8. The van der Waals surface area contributed by atoms with Crippen molar-refractivity contribution in [2.24, 2.45) is 0 Å². The molecule has 2 unspecified atom stereocenters. The zero-order valence-electron chi connectivity index (χ0n) is 16.0. The summed E-state index contributed by atoms with van der Waals surface area (Å²) in [6, 6.07) is 14.6. The van der Waals surface area contributed by atoms with E-state index in [-0.39, 0.29) is 11.7 Å². The second kappa shape index (κ2) is 7.44. The Kier molecular flexibility index (Phi) is 4.64. The van der Waals surface area contributed by atoms with Crippen molar-refractivity contribution >= 4 is 5.91 Å². The predicted molar refractivity (Wildman–Crippen MR) is 108 cm³/mol. The lowest BCUT2D eigenvalue weighted by Gasteiger charge is -2.25. The quantitative estimate of drug-likeness (QED) is 0.730. The third-order valence-electron chi connectivity index (χ3n) is 5.84. The monoisotopic (exact) mass is 391 g/mol. The molecule has 2 bridgehead atoms. The Hall–Kier alpha value is -2.99. The molecule has 0 aliphatic carbocycles. The molecule has 1 amide bonds. The maximum Gasteiger partial charge on any atom is 0.254 e. The van der Waals surface area contributed by atoms with Crippen molar-refractivity contribution in [3.8, 4) is 22.8 Å².